The summed E-state index contributed by atoms with van der Waals surface area (Å²) in [6, 6.07) is 13.0. The maximum atomic E-state index is 12.3. The van der Waals surface area contributed by atoms with Crippen molar-refractivity contribution in [3.8, 4) is 23.5 Å². The topological polar surface area (TPSA) is 111 Å². The highest BCUT2D eigenvalue weighted by Gasteiger charge is 2.17. The minimum absolute atomic E-state index is 0.137. The minimum Gasteiger partial charge on any atom is -0.492 e. The van der Waals surface area contributed by atoms with Crippen molar-refractivity contribution >= 4 is 16.8 Å². The lowest BCUT2D eigenvalue weighted by Gasteiger charge is -2.26. The molecule has 0 unspecified atom stereocenters. The third-order valence-corrected chi connectivity index (χ3v) is 5.99. The fourth-order valence-corrected chi connectivity index (χ4v) is 4.13. The maximum Gasteiger partial charge on any atom is 0.166 e. The van der Waals surface area contributed by atoms with E-state index in [0.29, 0.717) is 29.5 Å². The number of carbonyl (C=O) groups excluding carboxylic acids is 1. The Bertz CT molecular complexity index is 1430. The van der Waals surface area contributed by atoms with Crippen molar-refractivity contribution in [2.75, 3.05) is 39.5 Å². The van der Waals surface area contributed by atoms with Gasteiger partial charge in [-0.1, -0.05) is 0 Å². The van der Waals surface area contributed by atoms with E-state index in [2.05, 4.69) is 15.0 Å². The summed E-state index contributed by atoms with van der Waals surface area (Å²) in [4.78, 5) is 23.9. The molecule has 0 amide bonds. The van der Waals surface area contributed by atoms with Crippen LogP contribution in [-0.2, 0) is 4.74 Å². The first kappa shape index (κ1) is 22.7. The summed E-state index contributed by atoms with van der Waals surface area (Å²) in [7, 11) is 0. The zero-order chi connectivity index (χ0) is 24.4. The van der Waals surface area contributed by atoms with E-state index in [4.69, 9.17) is 14.5 Å². The molecule has 178 valence electrons. The van der Waals surface area contributed by atoms with Gasteiger partial charge in [-0.2, -0.15) is 10.4 Å². The van der Waals surface area contributed by atoms with Crippen LogP contribution in [0.2, 0.25) is 0 Å². The number of carbonyl (C=O) groups is 1. The van der Waals surface area contributed by atoms with Gasteiger partial charge >= 0.3 is 0 Å². The van der Waals surface area contributed by atoms with Gasteiger partial charge in [0.05, 0.1) is 29.8 Å². The lowest BCUT2D eigenvalue weighted by Crippen LogP contribution is -2.38. The van der Waals surface area contributed by atoms with Crippen LogP contribution in [0.3, 0.4) is 0 Å². The van der Waals surface area contributed by atoms with E-state index in [-0.39, 0.29) is 11.5 Å². The number of benzene rings is 1. The van der Waals surface area contributed by atoms with E-state index in [1.807, 2.05) is 35.8 Å². The zero-order valence-corrected chi connectivity index (χ0v) is 19.6. The van der Waals surface area contributed by atoms with Crippen molar-refractivity contribution in [1.82, 2.24) is 29.2 Å². The van der Waals surface area contributed by atoms with Crippen molar-refractivity contribution in [3.63, 3.8) is 0 Å². The van der Waals surface area contributed by atoms with Crippen molar-refractivity contribution in [2.45, 2.75) is 13.8 Å². The average Bonchev–Trinajstić information content (AvgIpc) is 3.47. The molecule has 0 N–H and O–H groups in total. The summed E-state index contributed by atoms with van der Waals surface area (Å²) in [5.41, 5.74) is 3.02. The Hall–Kier alpha value is -4.07. The molecule has 1 aliphatic rings. The van der Waals surface area contributed by atoms with E-state index in [1.165, 1.54) is 11.6 Å². The van der Waals surface area contributed by atoms with Crippen LogP contribution < -0.4 is 4.74 Å². The molecular formula is C25H25N7O3. The molecule has 0 radical (unpaired) electrons. The first-order chi connectivity index (χ1) is 17.0. The van der Waals surface area contributed by atoms with Crippen LogP contribution in [0.5, 0.6) is 5.75 Å². The highest BCUT2D eigenvalue weighted by molar-refractivity contribution is 5.97. The summed E-state index contributed by atoms with van der Waals surface area (Å²) < 4.78 is 14.7. The zero-order valence-electron chi connectivity index (χ0n) is 19.6. The predicted molar refractivity (Wildman–Crippen MR) is 128 cm³/mol. The average molecular weight is 472 g/mol. The Morgan fingerprint density at radius 1 is 1.20 bits per heavy atom. The van der Waals surface area contributed by atoms with Crippen LogP contribution >= 0.6 is 0 Å². The van der Waals surface area contributed by atoms with Crippen LogP contribution in [0.4, 0.5) is 0 Å². The minimum atomic E-state index is -0.137. The number of rotatable bonds is 7. The number of nitrogens with zero attached hydrogens (tertiary/aromatic N) is 7. The SMILES string of the molecule is CC(=O)c1ccc(-n2cnc3cc(OCCN4CCOCC4)ccc32)nc1-n1nc(C#N)cc1C. The summed E-state index contributed by atoms with van der Waals surface area (Å²) in [6.07, 6.45) is 1.69. The maximum absolute atomic E-state index is 12.3. The number of Topliss-reactive ketones (excluding diaryl/α,β-unsaturated/α-hetero) is 1. The highest BCUT2D eigenvalue weighted by Crippen LogP contribution is 2.24. The third-order valence-electron chi connectivity index (χ3n) is 5.99. The normalized spacial score (nSPS) is 14.2. The van der Waals surface area contributed by atoms with Gasteiger partial charge in [-0.05, 0) is 44.2 Å². The Morgan fingerprint density at radius 3 is 2.77 bits per heavy atom. The van der Waals surface area contributed by atoms with Gasteiger partial charge < -0.3 is 9.47 Å². The molecule has 0 bridgehead atoms. The summed E-state index contributed by atoms with van der Waals surface area (Å²) in [6.45, 7) is 8.15. The largest absolute Gasteiger partial charge is 0.492 e. The lowest BCUT2D eigenvalue weighted by molar-refractivity contribution is 0.0322. The fraction of sp³-hybridized carbons (Fsp3) is 0.320. The van der Waals surface area contributed by atoms with Gasteiger partial charge in [-0.15, -0.1) is 0 Å². The van der Waals surface area contributed by atoms with Crippen LogP contribution in [-0.4, -0.2) is 74.5 Å². The van der Waals surface area contributed by atoms with Gasteiger partial charge in [-0.25, -0.2) is 14.6 Å². The molecule has 4 aromatic rings. The Balaban J connectivity index is 1.42. The molecule has 1 fully saturated rings. The molecule has 3 aromatic heterocycles. The van der Waals surface area contributed by atoms with E-state index >= 15 is 0 Å². The van der Waals surface area contributed by atoms with Gasteiger partial charge in [0, 0.05) is 31.4 Å². The molecule has 0 aliphatic carbocycles. The second kappa shape index (κ2) is 9.66. The standard InChI is InChI=1S/C25H25N7O3/c1-17-13-19(15-26)29-32(17)25-21(18(2)33)4-6-24(28-25)31-16-27-22-14-20(3-5-23(22)31)35-12-9-30-7-10-34-11-8-30/h3-6,13-14,16H,7-12H2,1-2H3. The third kappa shape index (κ3) is 4.64. The van der Waals surface area contributed by atoms with E-state index < -0.39 is 0 Å². The molecular weight excluding hydrogens is 446 g/mol. The lowest BCUT2D eigenvalue weighted by atomic mass is 10.2. The monoisotopic (exact) mass is 471 g/mol. The van der Waals surface area contributed by atoms with Crippen LogP contribution in [0.25, 0.3) is 22.7 Å². The van der Waals surface area contributed by atoms with Crippen molar-refractivity contribution in [1.29, 1.82) is 5.26 Å². The molecule has 4 heterocycles. The van der Waals surface area contributed by atoms with Crippen LogP contribution in [0, 0.1) is 18.3 Å². The smallest absolute Gasteiger partial charge is 0.166 e. The molecule has 35 heavy (non-hydrogen) atoms. The molecule has 0 atom stereocenters. The number of ketones is 1. The molecule has 0 saturated carbocycles. The number of aromatic nitrogens is 5. The van der Waals surface area contributed by atoms with E-state index in [0.717, 1.165) is 49.6 Å². The predicted octanol–water partition coefficient (Wildman–Crippen LogP) is 2.70. The number of imidazole rings is 1. The highest BCUT2D eigenvalue weighted by atomic mass is 16.5. The quantitative estimate of drug-likeness (QED) is 0.378. The Kier molecular flexibility index (Phi) is 6.27. The Morgan fingerprint density at radius 2 is 2.03 bits per heavy atom. The number of hydrogen-bond donors (Lipinski definition) is 0. The van der Waals surface area contributed by atoms with Gasteiger partial charge in [-0.3, -0.25) is 14.3 Å². The number of morpholine rings is 1. The van der Waals surface area contributed by atoms with Crippen molar-refractivity contribution < 1.29 is 14.3 Å². The number of hydrogen-bond acceptors (Lipinski definition) is 8. The van der Waals surface area contributed by atoms with E-state index in [9.17, 15) is 10.1 Å². The summed E-state index contributed by atoms with van der Waals surface area (Å²) >= 11 is 0. The van der Waals surface area contributed by atoms with Crippen LogP contribution in [0.1, 0.15) is 28.7 Å². The molecule has 10 nitrogen and oxygen atoms in total. The molecule has 10 heteroatoms. The van der Waals surface area contributed by atoms with Gasteiger partial charge in [0.25, 0.3) is 0 Å². The first-order valence-corrected chi connectivity index (χ1v) is 11.4. The number of fused-ring (bicyclic) bond motifs is 1. The second-order valence-electron chi connectivity index (χ2n) is 8.36. The van der Waals surface area contributed by atoms with Gasteiger partial charge in [0.2, 0.25) is 0 Å². The van der Waals surface area contributed by atoms with Gasteiger partial charge in [0.15, 0.2) is 17.3 Å². The van der Waals surface area contributed by atoms with E-state index in [1.54, 1.807) is 24.5 Å². The Labute approximate surface area is 202 Å². The molecule has 5 rings (SSSR count). The molecule has 0 spiro atoms. The summed E-state index contributed by atoms with van der Waals surface area (Å²) in [5.74, 6) is 1.58. The summed E-state index contributed by atoms with van der Waals surface area (Å²) in [5, 5.41) is 13.5. The molecule has 1 aromatic carbocycles. The van der Waals surface area contributed by atoms with Crippen molar-refractivity contribution in [2.24, 2.45) is 0 Å². The number of nitriles is 1. The molecule has 1 saturated heterocycles. The second-order valence-corrected chi connectivity index (χ2v) is 8.36. The number of aryl methyl sites for hydroxylation is 1. The van der Waals surface area contributed by atoms with Gasteiger partial charge in [0.1, 0.15) is 30.6 Å². The van der Waals surface area contributed by atoms with Crippen molar-refractivity contribution in [3.05, 3.63) is 59.7 Å². The molecule has 1 aliphatic heterocycles. The van der Waals surface area contributed by atoms with Crippen LogP contribution in [0.15, 0.2) is 42.7 Å². The first-order valence-electron chi connectivity index (χ1n) is 11.4. The fourth-order valence-electron chi connectivity index (χ4n) is 4.13. The number of pyridine rings is 1. The number of ether oxygens (including phenoxy) is 2.